The van der Waals surface area contributed by atoms with E-state index >= 15 is 0 Å². The summed E-state index contributed by atoms with van der Waals surface area (Å²) in [6.07, 6.45) is 4.31. The third-order valence-electron chi connectivity index (χ3n) is 5.42. The zero-order valence-electron chi connectivity index (χ0n) is 18.3. The van der Waals surface area contributed by atoms with Gasteiger partial charge < -0.3 is 0 Å². The number of anilines is 2. The number of allylic oxidation sites excluding steroid dienone is 1. The van der Waals surface area contributed by atoms with Gasteiger partial charge in [-0.2, -0.15) is 0 Å². The first-order valence-corrected chi connectivity index (χ1v) is 14.5. The summed E-state index contributed by atoms with van der Waals surface area (Å²) in [6.45, 7) is 6.24. The zero-order valence-corrected chi connectivity index (χ0v) is 22.0. The number of carbonyl (C=O) groups is 1. The summed E-state index contributed by atoms with van der Waals surface area (Å²) in [5.41, 5.74) is 5.42. The van der Waals surface area contributed by atoms with Gasteiger partial charge in [-0.25, -0.2) is 0 Å². The topological polar surface area (TPSA) is 78.4 Å². The summed E-state index contributed by atoms with van der Waals surface area (Å²) in [6, 6.07) is 5.55. The molecule has 4 rings (SSSR count). The number of aryl methyl sites for hydroxylation is 1. The van der Waals surface area contributed by atoms with Gasteiger partial charge in [0.15, 0.2) is 0 Å². The summed E-state index contributed by atoms with van der Waals surface area (Å²) in [4.78, 5) is 22.7. The first-order chi connectivity index (χ1) is 15.5. The average Bonchev–Trinajstić information content (AvgIpc) is 3.13. The number of halogens is 2. The third-order valence-corrected chi connectivity index (χ3v) is 9.21. The maximum atomic E-state index is 12.8. The fourth-order valence-electron chi connectivity index (χ4n) is 3.46. The van der Waals surface area contributed by atoms with E-state index in [2.05, 4.69) is 38.9 Å². The summed E-state index contributed by atoms with van der Waals surface area (Å²) < 4.78 is 3.55. The van der Waals surface area contributed by atoms with Crippen molar-refractivity contribution in [2.45, 2.75) is 46.2 Å². The van der Waals surface area contributed by atoms with E-state index in [0.717, 1.165) is 30.6 Å². The van der Waals surface area contributed by atoms with Gasteiger partial charge in [-0.05, 0) is 18.6 Å². The number of benzene rings is 1. The van der Waals surface area contributed by atoms with E-state index in [1.54, 1.807) is 12.3 Å². The molecule has 2 aliphatic heterocycles. The summed E-state index contributed by atoms with van der Waals surface area (Å²) >= 11 is 7.79. The van der Waals surface area contributed by atoms with Gasteiger partial charge in [0.2, 0.25) is 0 Å². The Hall–Kier alpha value is -1.91. The number of nitrogens with one attached hydrogen (secondary N) is 3. The molecule has 0 spiro atoms. The number of alkyl halides is 1. The van der Waals surface area contributed by atoms with Gasteiger partial charge in [0.25, 0.3) is 0 Å². The quantitative estimate of drug-likeness (QED) is 0.347. The van der Waals surface area contributed by atoms with E-state index in [4.69, 9.17) is 16.6 Å². The second kappa shape index (κ2) is 10.4. The number of hydrogen-bond donors (Lipinski definition) is 3. The number of para-hydroxylation sites is 1. The van der Waals surface area contributed by atoms with Crippen LogP contribution in [0.15, 0.2) is 50.4 Å². The van der Waals surface area contributed by atoms with Crippen molar-refractivity contribution in [3.8, 4) is 0 Å². The summed E-state index contributed by atoms with van der Waals surface area (Å²) in [7, 11) is 0. The maximum absolute atomic E-state index is 12.8. The van der Waals surface area contributed by atoms with Crippen molar-refractivity contribution < 1.29 is 26.0 Å². The Morgan fingerprint density at radius 1 is 1.34 bits per heavy atom. The van der Waals surface area contributed by atoms with Crippen LogP contribution in [0, 0.1) is 6.92 Å². The van der Waals surface area contributed by atoms with Gasteiger partial charge in [0.1, 0.15) is 0 Å². The van der Waals surface area contributed by atoms with Gasteiger partial charge in [0.05, 0.1) is 5.02 Å². The molecule has 0 aliphatic carbocycles. The molecule has 2 aromatic rings. The molecule has 9 heteroatoms. The Balaban J connectivity index is 1.52. The Labute approximate surface area is 207 Å². The normalized spacial score (nSPS) is 18.4. The third kappa shape index (κ3) is 5.18. The average molecular weight is 583 g/mol. The molecule has 32 heavy (non-hydrogen) atoms. The molecule has 170 valence electrons. The van der Waals surface area contributed by atoms with E-state index in [9.17, 15) is 4.79 Å². The van der Waals surface area contributed by atoms with Crippen LogP contribution in [-0.2, 0) is 0 Å². The van der Waals surface area contributed by atoms with Crippen LogP contribution >= 0.6 is 22.9 Å². The van der Waals surface area contributed by atoms with E-state index in [1.807, 2.05) is 19.1 Å². The fraction of sp³-hybridized carbons (Fsp3) is 0.348. The van der Waals surface area contributed by atoms with E-state index in [0.29, 0.717) is 20.7 Å². The van der Waals surface area contributed by atoms with Crippen molar-refractivity contribution in [2.24, 2.45) is 4.99 Å². The molecular formula is C23H26ClIN5OS-. The number of aromatic nitrogens is 1. The molecule has 1 amide bonds. The van der Waals surface area contributed by atoms with Crippen LogP contribution < -0.4 is 37.2 Å². The molecular weight excluding hydrogens is 557 g/mol. The van der Waals surface area contributed by atoms with Crippen LogP contribution in [0.2, 0.25) is 5.02 Å². The molecule has 3 N–H and O–H groups in total. The van der Waals surface area contributed by atoms with Gasteiger partial charge in [-0.1, -0.05) is 23.7 Å². The first-order valence-electron chi connectivity index (χ1n) is 10.6. The van der Waals surface area contributed by atoms with Crippen molar-refractivity contribution in [3.05, 3.63) is 60.9 Å². The Morgan fingerprint density at radius 3 is 2.81 bits per heavy atom. The zero-order chi connectivity index (χ0) is 22.7. The minimum atomic E-state index is -0.219. The number of rotatable bonds is 7. The molecule has 1 aromatic carbocycles. The van der Waals surface area contributed by atoms with Crippen LogP contribution in [0.5, 0.6) is 0 Å². The second-order valence-electron chi connectivity index (χ2n) is 7.62. The van der Waals surface area contributed by atoms with Crippen LogP contribution in [0.25, 0.3) is 0 Å². The molecule has 3 heterocycles. The monoisotopic (exact) mass is 582 g/mol. The van der Waals surface area contributed by atoms with Crippen molar-refractivity contribution >= 4 is 45.4 Å². The fourth-order valence-corrected chi connectivity index (χ4v) is 6.15. The standard InChI is InChI=1S/C23H26ClIN5OS/c1-4-14-9-16(5-2)27-21(15-10-25-11-15)29-20(14)30-23-26-12-18(32-23)22(31)28-19-13(3)7-6-8-17(19)24/h6-8,10,12,21,29H,4-5,9,11H2,1-3H3,(H,26,30)(H,28,31)/q-1. The molecule has 0 radical (unpaired) electrons. The number of nitrogens with zero attached hydrogens (tertiary/aromatic N) is 2. The predicted molar refractivity (Wildman–Crippen MR) is 129 cm³/mol. The molecule has 6 nitrogen and oxygen atoms in total. The number of carbonyl (C=O) groups excluding carboxylic acids is 1. The van der Waals surface area contributed by atoms with Crippen molar-refractivity contribution in [2.75, 3.05) is 15.1 Å². The molecule has 2 aliphatic rings. The number of hydrogen-bond acceptors (Lipinski definition) is 6. The van der Waals surface area contributed by atoms with Crippen LogP contribution in [0.3, 0.4) is 0 Å². The molecule has 0 fully saturated rings. The summed E-state index contributed by atoms with van der Waals surface area (Å²) in [5, 5.41) is 11.2. The predicted octanol–water partition coefficient (Wildman–Crippen LogP) is 2.55. The molecule has 1 aromatic heterocycles. The molecule has 1 atom stereocenters. The second-order valence-corrected chi connectivity index (χ2v) is 11.3. The van der Waals surface area contributed by atoms with Crippen LogP contribution in [-0.4, -0.2) is 27.2 Å². The minimum absolute atomic E-state index is 0.00382. The van der Waals surface area contributed by atoms with Crippen LogP contribution in [0.4, 0.5) is 10.8 Å². The Bertz CT molecular complexity index is 1100. The number of aliphatic imine (C=N–C) groups is 1. The van der Waals surface area contributed by atoms with Crippen LogP contribution in [0.1, 0.15) is 48.3 Å². The van der Waals surface area contributed by atoms with Gasteiger partial charge in [0, 0.05) is 0 Å². The van der Waals surface area contributed by atoms with Crippen molar-refractivity contribution in [3.63, 3.8) is 0 Å². The first kappa shape index (κ1) is 23.3. The number of thiazole rings is 1. The van der Waals surface area contributed by atoms with E-state index in [1.165, 1.54) is 32.6 Å². The molecule has 0 saturated heterocycles. The SMILES string of the molecule is CCC1=NC(C2=C[I-]C2)NC(Nc2ncc(C(=O)Nc3c(C)cccc3Cl)s2)=C(CC)C1. The van der Waals surface area contributed by atoms with Gasteiger partial charge in [-0.15, -0.1) is 0 Å². The Kier molecular flexibility index (Phi) is 7.52. The van der Waals surface area contributed by atoms with E-state index < -0.39 is 0 Å². The van der Waals surface area contributed by atoms with Crippen molar-refractivity contribution in [1.82, 2.24) is 10.3 Å². The van der Waals surface area contributed by atoms with Gasteiger partial charge >= 0.3 is 162 Å². The Morgan fingerprint density at radius 2 is 2.16 bits per heavy atom. The van der Waals surface area contributed by atoms with Crippen molar-refractivity contribution in [1.29, 1.82) is 0 Å². The molecule has 1 unspecified atom stereocenters. The number of amides is 1. The van der Waals surface area contributed by atoms with Gasteiger partial charge in [-0.3, -0.25) is 0 Å². The molecule has 0 bridgehead atoms. The summed E-state index contributed by atoms with van der Waals surface area (Å²) in [5.74, 6) is 0.738. The molecule has 0 saturated carbocycles. The van der Waals surface area contributed by atoms with E-state index in [-0.39, 0.29) is 33.3 Å².